The Hall–Kier alpha value is -1.60. The average Bonchev–Trinajstić information content (AvgIpc) is 2.78. The van der Waals surface area contributed by atoms with E-state index in [4.69, 9.17) is 4.74 Å². The zero-order valence-electron chi connectivity index (χ0n) is 10.3. The van der Waals surface area contributed by atoms with E-state index in [0.29, 0.717) is 0 Å². The number of hydrogen-bond donors (Lipinski definition) is 0. The van der Waals surface area contributed by atoms with Crippen LogP contribution in [0.4, 0.5) is 0 Å². The van der Waals surface area contributed by atoms with E-state index in [1.165, 1.54) is 0 Å². The zero-order chi connectivity index (χ0) is 12.3. The van der Waals surface area contributed by atoms with Gasteiger partial charge in [0.2, 0.25) is 6.08 Å². The molecule has 1 saturated carbocycles. The van der Waals surface area contributed by atoms with Gasteiger partial charge >= 0.3 is 0 Å². The average molecular weight is 231 g/mol. The second kappa shape index (κ2) is 4.72. The fourth-order valence-corrected chi connectivity index (χ4v) is 2.87. The molecule has 0 amide bonds. The summed E-state index contributed by atoms with van der Waals surface area (Å²) in [6.45, 7) is 2.04. The number of aliphatic imine (C=N–C) groups is 1. The van der Waals surface area contributed by atoms with Gasteiger partial charge in [0, 0.05) is 5.56 Å². The lowest BCUT2D eigenvalue weighted by molar-refractivity contribution is 0.378. The minimum absolute atomic E-state index is 0.404. The number of nitrogens with zero attached hydrogens (tertiary/aromatic N) is 1. The molecule has 1 fully saturated rings. The highest BCUT2D eigenvalue weighted by molar-refractivity contribution is 5.48. The predicted molar refractivity (Wildman–Crippen MR) is 66.0 cm³/mol. The molecule has 0 atom stereocenters. The van der Waals surface area contributed by atoms with Crippen molar-refractivity contribution in [1.82, 2.24) is 0 Å². The maximum atomic E-state index is 10.7. The molecule has 0 saturated heterocycles. The molecular formula is C14H17NO2. The molecule has 0 aliphatic heterocycles. The van der Waals surface area contributed by atoms with Gasteiger partial charge in [0.25, 0.3) is 0 Å². The lowest BCUT2D eigenvalue weighted by Gasteiger charge is -2.26. The highest BCUT2D eigenvalue weighted by Crippen LogP contribution is 2.46. The van der Waals surface area contributed by atoms with Crippen LogP contribution in [0.5, 0.6) is 5.75 Å². The standard InChI is InChI=1S/C14H17NO2/c1-11-6-5-7-12(17-2)13(11)14(15-10-16)8-3-4-9-14/h5-7H,3-4,8-9H2,1-2H3. The van der Waals surface area contributed by atoms with Crippen molar-refractivity contribution in [2.45, 2.75) is 38.1 Å². The summed E-state index contributed by atoms with van der Waals surface area (Å²) in [6, 6.07) is 5.94. The molecule has 1 aromatic rings. The first-order chi connectivity index (χ1) is 8.23. The van der Waals surface area contributed by atoms with Crippen LogP contribution in [0.3, 0.4) is 0 Å². The summed E-state index contributed by atoms with van der Waals surface area (Å²) in [5.74, 6) is 0.825. The molecule has 90 valence electrons. The first-order valence-electron chi connectivity index (χ1n) is 5.96. The van der Waals surface area contributed by atoms with Crippen molar-refractivity contribution in [3.8, 4) is 5.75 Å². The number of aryl methyl sites for hydroxylation is 1. The second-order valence-electron chi connectivity index (χ2n) is 4.59. The third kappa shape index (κ3) is 1.98. The summed E-state index contributed by atoms with van der Waals surface area (Å²) >= 11 is 0. The Balaban J connectivity index is 2.60. The van der Waals surface area contributed by atoms with Gasteiger partial charge in [0.15, 0.2) is 0 Å². The molecule has 3 nitrogen and oxygen atoms in total. The molecule has 0 unspecified atom stereocenters. The van der Waals surface area contributed by atoms with Crippen molar-refractivity contribution in [1.29, 1.82) is 0 Å². The van der Waals surface area contributed by atoms with Crippen LogP contribution in [0.1, 0.15) is 36.8 Å². The van der Waals surface area contributed by atoms with Crippen molar-refractivity contribution < 1.29 is 9.53 Å². The number of rotatable bonds is 3. The zero-order valence-corrected chi connectivity index (χ0v) is 10.3. The summed E-state index contributed by atoms with van der Waals surface area (Å²) in [5, 5.41) is 0. The summed E-state index contributed by atoms with van der Waals surface area (Å²) in [4.78, 5) is 14.8. The third-order valence-electron chi connectivity index (χ3n) is 3.61. The monoisotopic (exact) mass is 231 g/mol. The molecule has 0 radical (unpaired) electrons. The van der Waals surface area contributed by atoms with Gasteiger partial charge in [0.05, 0.1) is 7.11 Å². The normalized spacial score (nSPS) is 17.5. The molecule has 17 heavy (non-hydrogen) atoms. The van der Waals surface area contributed by atoms with Crippen LogP contribution in [-0.2, 0) is 10.3 Å². The van der Waals surface area contributed by atoms with E-state index in [1.54, 1.807) is 13.2 Å². The Morgan fingerprint density at radius 2 is 2.06 bits per heavy atom. The van der Waals surface area contributed by atoms with Crippen molar-refractivity contribution >= 4 is 6.08 Å². The lowest BCUT2D eigenvalue weighted by atomic mass is 9.85. The Kier molecular flexibility index (Phi) is 3.30. The van der Waals surface area contributed by atoms with Gasteiger partial charge in [-0.15, -0.1) is 0 Å². The molecule has 0 spiro atoms. The van der Waals surface area contributed by atoms with E-state index in [2.05, 4.69) is 4.99 Å². The van der Waals surface area contributed by atoms with Gasteiger partial charge in [-0.2, -0.15) is 4.99 Å². The highest BCUT2D eigenvalue weighted by Gasteiger charge is 2.39. The summed E-state index contributed by atoms with van der Waals surface area (Å²) < 4.78 is 5.42. The van der Waals surface area contributed by atoms with Crippen LogP contribution in [0, 0.1) is 6.92 Å². The minimum Gasteiger partial charge on any atom is -0.496 e. The van der Waals surface area contributed by atoms with Crippen LogP contribution in [0.25, 0.3) is 0 Å². The largest absolute Gasteiger partial charge is 0.496 e. The van der Waals surface area contributed by atoms with Crippen LogP contribution >= 0.6 is 0 Å². The van der Waals surface area contributed by atoms with Gasteiger partial charge in [-0.3, -0.25) is 0 Å². The van der Waals surface area contributed by atoms with E-state index >= 15 is 0 Å². The molecule has 1 aliphatic rings. The van der Waals surface area contributed by atoms with E-state index in [9.17, 15) is 4.79 Å². The third-order valence-corrected chi connectivity index (χ3v) is 3.61. The number of ether oxygens (including phenoxy) is 1. The van der Waals surface area contributed by atoms with E-state index in [1.807, 2.05) is 25.1 Å². The molecule has 1 aromatic carbocycles. The lowest BCUT2D eigenvalue weighted by Crippen LogP contribution is -2.21. The van der Waals surface area contributed by atoms with Gasteiger partial charge in [-0.25, -0.2) is 4.79 Å². The molecule has 0 bridgehead atoms. The van der Waals surface area contributed by atoms with Crippen LogP contribution < -0.4 is 4.74 Å². The summed E-state index contributed by atoms with van der Waals surface area (Å²) in [5.41, 5.74) is 1.78. The summed E-state index contributed by atoms with van der Waals surface area (Å²) in [7, 11) is 1.66. The van der Waals surface area contributed by atoms with E-state index in [-0.39, 0.29) is 0 Å². The van der Waals surface area contributed by atoms with Gasteiger partial charge in [-0.1, -0.05) is 25.0 Å². The predicted octanol–water partition coefficient (Wildman–Crippen LogP) is 3.11. The summed E-state index contributed by atoms with van der Waals surface area (Å²) in [6.07, 6.45) is 5.76. The topological polar surface area (TPSA) is 38.7 Å². The quantitative estimate of drug-likeness (QED) is 0.592. The smallest absolute Gasteiger partial charge is 0.235 e. The molecule has 1 aliphatic carbocycles. The van der Waals surface area contributed by atoms with Crippen LogP contribution in [0.2, 0.25) is 0 Å². The number of benzene rings is 1. The Morgan fingerprint density at radius 1 is 1.35 bits per heavy atom. The van der Waals surface area contributed by atoms with Crippen molar-refractivity contribution in [2.75, 3.05) is 7.11 Å². The highest BCUT2D eigenvalue weighted by atomic mass is 16.5. The Bertz CT molecular complexity index is 455. The Morgan fingerprint density at radius 3 is 2.65 bits per heavy atom. The fourth-order valence-electron chi connectivity index (χ4n) is 2.87. The number of isocyanates is 1. The molecule has 3 heteroatoms. The molecule has 0 heterocycles. The first-order valence-corrected chi connectivity index (χ1v) is 5.96. The maximum Gasteiger partial charge on any atom is 0.235 e. The van der Waals surface area contributed by atoms with Crippen LogP contribution in [-0.4, -0.2) is 13.2 Å². The van der Waals surface area contributed by atoms with Crippen LogP contribution in [0.15, 0.2) is 23.2 Å². The number of methoxy groups -OCH3 is 1. The first kappa shape index (κ1) is 11.9. The molecular weight excluding hydrogens is 214 g/mol. The van der Waals surface area contributed by atoms with Crippen molar-refractivity contribution in [2.24, 2.45) is 4.99 Å². The Labute approximate surface area is 102 Å². The van der Waals surface area contributed by atoms with Crippen molar-refractivity contribution in [3.63, 3.8) is 0 Å². The maximum absolute atomic E-state index is 10.7. The van der Waals surface area contributed by atoms with E-state index < -0.39 is 5.54 Å². The number of carbonyl (C=O) groups excluding carboxylic acids is 1. The fraction of sp³-hybridized carbons (Fsp3) is 0.500. The molecule has 2 rings (SSSR count). The van der Waals surface area contributed by atoms with Crippen molar-refractivity contribution in [3.05, 3.63) is 29.3 Å². The SMILES string of the molecule is COc1cccc(C)c1C1(N=C=O)CCCC1. The van der Waals surface area contributed by atoms with Gasteiger partial charge in [-0.05, 0) is 31.4 Å². The molecule has 0 N–H and O–H groups in total. The number of hydrogen-bond acceptors (Lipinski definition) is 3. The molecule has 0 aromatic heterocycles. The van der Waals surface area contributed by atoms with E-state index in [0.717, 1.165) is 42.6 Å². The minimum atomic E-state index is -0.404. The van der Waals surface area contributed by atoms with Gasteiger partial charge < -0.3 is 4.74 Å². The van der Waals surface area contributed by atoms with Gasteiger partial charge in [0.1, 0.15) is 11.3 Å². The second-order valence-corrected chi connectivity index (χ2v) is 4.59.